The molecule has 0 bridgehead atoms. The zero-order chi connectivity index (χ0) is 59.9. The van der Waals surface area contributed by atoms with E-state index in [0.717, 1.165) is 103 Å². The van der Waals surface area contributed by atoms with Crippen molar-refractivity contribution in [3.05, 3.63) is 72.9 Å². The van der Waals surface area contributed by atoms with Crippen LogP contribution in [-0.2, 0) is 28.6 Å². The molecular weight excluding hydrogens is 1020 g/mol. The van der Waals surface area contributed by atoms with Crippen molar-refractivity contribution in [1.82, 2.24) is 0 Å². The molecule has 0 spiro atoms. The molecule has 0 rings (SSSR count). The Balaban J connectivity index is 4.28. The van der Waals surface area contributed by atoms with E-state index in [9.17, 15) is 14.4 Å². The van der Waals surface area contributed by atoms with Crippen LogP contribution in [0.1, 0.15) is 380 Å². The first-order chi connectivity index (χ1) is 41.0. The maximum absolute atomic E-state index is 13.0. The first kappa shape index (κ1) is 79.8. The van der Waals surface area contributed by atoms with E-state index in [-0.39, 0.29) is 31.1 Å². The standard InChI is InChI=1S/C77H138O6/c1-4-7-10-13-16-19-22-25-28-30-32-34-36-38-40-42-44-46-49-52-55-58-61-64-67-70-76(79)82-73-74(72-81-75(78)69-66-63-60-57-54-51-48-27-24-21-18-15-12-9-6-3)83-77(80)71-68-65-62-59-56-53-50-47-45-43-41-39-37-35-33-31-29-26-23-20-17-14-11-8-5-2/h7,10,16,18-19,21,25,27-28,32,34,48,74H,4-6,8-9,11-15,17,20,22-24,26,29-31,33,35-47,49-73H2,1-3H3/b10-7-,19-16-,21-18-,28-25-,34-32-,48-27-. The lowest BCUT2D eigenvalue weighted by atomic mass is 10.0. The fourth-order valence-electron chi connectivity index (χ4n) is 10.8. The van der Waals surface area contributed by atoms with Crippen molar-refractivity contribution in [2.24, 2.45) is 0 Å². The minimum Gasteiger partial charge on any atom is -0.462 e. The van der Waals surface area contributed by atoms with Crippen LogP contribution in [0.25, 0.3) is 0 Å². The highest BCUT2D eigenvalue weighted by Gasteiger charge is 2.19. The van der Waals surface area contributed by atoms with Crippen molar-refractivity contribution in [1.29, 1.82) is 0 Å². The summed E-state index contributed by atoms with van der Waals surface area (Å²) in [7, 11) is 0. The van der Waals surface area contributed by atoms with E-state index in [1.165, 1.54) is 238 Å². The highest BCUT2D eigenvalue weighted by Crippen LogP contribution is 2.18. The summed E-state index contributed by atoms with van der Waals surface area (Å²) in [5.41, 5.74) is 0. The molecule has 0 aliphatic carbocycles. The number of ether oxygens (including phenoxy) is 3. The second-order valence-corrected chi connectivity index (χ2v) is 24.5. The van der Waals surface area contributed by atoms with Gasteiger partial charge in [-0.15, -0.1) is 0 Å². The highest BCUT2D eigenvalue weighted by molar-refractivity contribution is 5.71. The molecule has 0 fully saturated rings. The van der Waals surface area contributed by atoms with Crippen LogP contribution in [0.4, 0.5) is 0 Å². The summed E-state index contributed by atoms with van der Waals surface area (Å²) in [5.74, 6) is -0.868. The third-order valence-corrected chi connectivity index (χ3v) is 16.2. The number of esters is 3. The summed E-state index contributed by atoms with van der Waals surface area (Å²) in [6.07, 6.45) is 93.6. The SMILES string of the molecule is CC/C=C\C/C=C\C/C=C\C/C=C\CCCCCCCCCCCCCCC(=O)OCC(COC(=O)CCCCCCC/C=C\C/C=C\CCCCC)OC(=O)CCCCCCCCCCCCCCCCCCCCCCCCCCC. The molecule has 0 N–H and O–H groups in total. The zero-order valence-electron chi connectivity index (χ0n) is 55.5. The van der Waals surface area contributed by atoms with Gasteiger partial charge in [-0.1, -0.05) is 344 Å². The maximum atomic E-state index is 13.0. The fraction of sp³-hybridized carbons (Fsp3) is 0.805. The first-order valence-electron chi connectivity index (χ1n) is 36.4. The Bertz CT molecular complexity index is 1520. The molecule has 1 unspecified atom stereocenters. The Hall–Kier alpha value is -3.15. The van der Waals surface area contributed by atoms with Crippen LogP contribution in [0.15, 0.2) is 72.9 Å². The molecule has 83 heavy (non-hydrogen) atoms. The molecule has 6 nitrogen and oxygen atoms in total. The van der Waals surface area contributed by atoms with Crippen LogP contribution in [0.2, 0.25) is 0 Å². The van der Waals surface area contributed by atoms with Crippen LogP contribution >= 0.6 is 0 Å². The molecule has 0 aromatic carbocycles. The van der Waals surface area contributed by atoms with Gasteiger partial charge in [0.25, 0.3) is 0 Å². The summed E-state index contributed by atoms with van der Waals surface area (Å²) < 4.78 is 17.0. The van der Waals surface area contributed by atoms with Gasteiger partial charge in [-0.2, -0.15) is 0 Å². The molecule has 1 atom stereocenters. The quantitative estimate of drug-likeness (QED) is 0.0261. The third-order valence-electron chi connectivity index (χ3n) is 16.2. The van der Waals surface area contributed by atoms with E-state index in [2.05, 4.69) is 93.7 Å². The number of allylic oxidation sites excluding steroid dienone is 12. The normalized spacial score (nSPS) is 12.5. The molecule has 0 radical (unpaired) electrons. The number of carbonyl (C=O) groups is 3. The lowest BCUT2D eigenvalue weighted by molar-refractivity contribution is -0.167. The first-order valence-corrected chi connectivity index (χ1v) is 36.4. The zero-order valence-corrected chi connectivity index (χ0v) is 55.5. The number of hydrogen-bond donors (Lipinski definition) is 0. The Labute approximate surface area is 516 Å². The highest BCUT2D eigenvalue weighted by atomic mass is 16.6. The molecule has 0 aliphatic heterocycles. The van der Waals surface area contributed by atoms with Crippen LogP contribution in [0.3, 0.4) is 0 Å². The predicted octanol–water partition coefficient (Wildman–Crippen LogP) is 25.2. The smallest absolute Gasteiger partial charge is 0.306 e. The largest absolute Gasteiger partial charge is 0.462 e. The molecule has 0 saturated heterocycles. The van der Waals surface area contributed by atoms with Crippen molar-refractivity contribution in [2.45, 2.75) is 386 Å². The van der Waals surface area contributed by atoms with Crippen molar-refractivity contribution < 1.29 is 28.6 Å². The second-order valence-electron chi connectivity index (χ2n) is 24.5. The molecule has 0 aromatic rings. The average molecular weight is 1160 g/mol. The van der Waals surface area contributed by atoms with E-state index in [0.29, 0.717) is 19.3 Å². The second kappa shape index (κ2) is 71.3. The molecule has 0 aromatic heterocycles. The van der Waals surface area contributed by atoms with Gasteiger partial charge < -0.3 is 14.2 Å². The molecule has 482 valence electrons. The molecule has 0 aliphatic rings. The number of rotatable bonds is 67. The summed E-state index contributed by atoms with van der Waals surface area (Å²) in [5, 5.41) is 0. The summed E-state index contributed by atoms with van der Waals surface area (Å²) >= 11 is 0. The van der Waals surface area contributed by atoms with Gasteiger partial charge >= 0.3 is 17.9 Å². The van der Waals surface area contributed by atoms with Gasteiger partial charge in [0.2, 0.25) is 0 Å². The average Bonchev–Trinajstić information content (AvgIpc) is 3.49. The van der Waals surface area contributed by atoms with E-state index in [1.54, 1.807) is 0 Å². The predicted molar refractivity (Wildman–Crippen MR) is 362 cm³/mol. The topological polar surface area (TPSA) is 78.9 Å². The Kier molecular flexibility index (Phi) is 68.6. The van der Waals surface area contributed by atoms with E-state index in [4.69, 9.17) is 14.2 Å². The van der Waals surface area contributed by atoms with E-state index in [1.807, 2.05) is 0 Å². The van der Waals surface area contributed by atoms with Crippen molar-refractivity contribution in [3.8, 4) is 0 Å². The van der Waals surface area contributed by atoms with Crippen LogP contribution in [0.5, 0.6) is 0 Å². The van der Waals surface area contributed by atoms with Crippen LogP contribution < -0.4 is 0 Å². The lowest BCUT2D eigenvalue weighted by Crippen LogP contribution is -2.30. The van der Waals surface area contributed by atoms with Gasteiger partial charge in [0.1, 0.15) is 13.2 Å². The lowest BCUT2D eigenvalue weighted by Gasteiger charge is -2.18. The third kappa shape index (κ3) is 69.5. The van der Waals surface area contributed by atoms with Crippen LogP contribution in [-0.4, -0.2) is 37.2 Å². The van der Waals surface area contributed by atoms with E-state index < -0.39 is 6.10 Å². The van der Waals surface area contributed by atoms with Gasteiger partial charge in [-0.25, -0.2) is 0 Å². The van der Waals surface area contributed by atoms with Gasteiger partial charge in [-0.3, -0.25) is 14.4 Å². The molecular formula is C77H138O6. The van der Waals surface area contributed by atoms with Crippen LogP contribution in [0, 0.1) is 0 Å². The summed E-state index contributed by atoms with van der Waals surface area (Å²) in [6, 6.07) is 0. The minimum atomic E-state index is -0.782. The Morgan fingerprint density at radius 3 is 0.759 bits per heavy atom. The molecule has 0 heterocycles. The maximum Gasteiger partial charge on any atom is 0.306 e. The van der Waals surface area contributed by atoms with Crippen molar-refractivity contribution in [2.75, 3.05) is 13.2 Å². The number of carbonyl (C=O) groups excluding carboxylic acids is 3. The van der Waals surface area contributed by atoms with Gasteiger partial charge in [0.15, 0.2) is 6.10 Å². The molecule has 0 saturated carbocycles. The van der Waals surface area contributed by atoms with Crippen molar-refractivity contribution >= 4 is 17.9 Å². The fourth-order valence-corrected chi connectivity index (χ4v) is 10.8. The summed E-state index contributed by atoms with van der Waals surface area (Å²) in [6.45, 7) is 6.55. The summed E-state index contributed by atoms with van der Waals surface area (Å²) in [4.78, 5) is 38.5. The van der Waals surface area contributed by atoms with Gasteiger partial charge in [0.05, 0.1) is 0 Å². The monoisotopic (exact) mass is 1160 g/mol. The van der Waals surface area contributed by atoms with Gasteiger partial charge in [-0.05, 0) is 89.9 Å². The number of hydrogen-bond acceptors (Lipinski definition) is 6. The number of unbranched alkanes of at least 4 members (excludes halogenated alkanes) is 44. The minimum absolute atomic E-state index is 0.0771. The molecule has 6 heteroatoms. The Morgan fingerprint density at radius 2 is 0.470 bits per heavy atom. The Morgan fingerprint density at radius 1 is 0.253 bits per heavy atom. The van der Waals surface area contributed by atoms with Crippen molar-refractivity contribution in [3.63, 3.8) is 0 Å². The molecule has 0 amide bonds. The van der Waals surface area contributed by atoms with E-state index >= 15 is 0 Å². The van der Waals surface area contributed by atoms with Gasteiger partial charge in [0, 0.05) is 19.3 Å².